The molecule has 146 valence electrons. The Morgan fingerprint density at radius 1 is 0.840 bits per heavy atom. The minimum absolute atomic E-state index is 0.423. The molecule has 0 saturated heterocycles. The molecule has 1 aromatic rings. The van der Waals surface area contributed by atoms with Gasteiger partial charge in [-0.25, -0.2) is 8.42 Å². The molecule has 0 saturated carbocycles. The summed E-state index contributed by atoms with van der Waals surface area (Å²) in [5.41, 5.74) is 0.530. The molecule has 0 heterocycles. The third-order valence-electron chi connectivity index (χ3n) is 4.34. The first-order valence-corrected chi connectivity index (χ1v) is 11.1. The lowest BCUT2D eigenvalue weighted by molar-refractivity contribution is -0.910. The van der Waals surface area contributed by atoms with Crippen LogP contribution in [-0.4, -0.2) is 44.1 Å². The first-order valence-electron chi connectivity index (χ1n) is 9.57. The second-order valence-electron chi connectivity index (χ2n) is 7.04. The van der Waals surface area contributed by atoms with E-state index in [0.29, 0.717) is 5.56 Å². The molecule has 0 fully saturated rings. The predicted molar refractivity (Wildman–Crippen MR) is 105 cm³/mol. The van der Waals surface area contributed by atoms with Crippen molar-refractivity contribution in [2.75, 3.05) is 26.7 Å². The Bertz CT molecular complexity index is 507. The Balaban J connectivity index is 0.000000472. The van der Waals surface area contributed by atoms with Crippen LogP contribution in [0, 0.1) is 0 Å². The first-order chi connectivity index (χ1) is 11.8. The highest BCUT2D eigenvalue weighted by atomic mass is 32.2. The van der Waals surface area contributed by atoms with E-state index in [4.69, 9.17) is 0 Å². The fourth-order valence-electron chi connectivity index (χ4n) is 2.73. The van der Waals surface area contributed by atoms with Crippen LogP contribution in [0.5, 0.6) is 0 Å². The summed E-state index contributed by atoms with van der Waals surface area (Å²) in [6.45, 7) is 11.0. The van der Waals surface area contributed by atoms with E-state index in [0.717, 1.165) is 0 Å². The fourth-order valence-corrected chi connectivity index (χ4v) is 3.33. The summed E-state index contributed by atoms with van der Waals surface area (Å²) in [5.74, 6) is -0.423. The zero-order chi connectivity index (χ0) is 19.2. The topological polar surface area (TPSA) is 57.2 Å². The maximum atomic E-state index is 10.2. The van der Waals surface area contributed by atoms with E-state index < -0.39 is 15.9 Å². The molecule has 0 amide bonds. The number of rotatable bonds is 11. The van der Waals surface area contributed by atoms with Crippen molar-refractivity contribution in [2.45, 2.75) is 65.0 Å². The smallest absolute Gasteiger partial charge is 0.0988 e. The van der Waals surface area contributed by atoms with Gasteiger partial charge in [0.05, 0.1) is 42.6 Å². The minimum Gasteiger partial charge on any atom is -0.748 e. The van der Waals surface area contributed by atoms with Crippen molar-refractivity contribution in [1.82, 2.24) is 0 Å². The molecular formula is C20H37NO3S. The zero-order valence-corrected chi connectivity index (χ0v) is 17.4. The van der Waals surface area contributed by atoms with Crippen molar-refractivity contribution in [2.24, 2.45) is 0 Å². The average Bonchev–Trinajstić information content (AvgIpc) is 2.57. The van der Waals surface area contributed by atoms with Gasteiger partial charge in [-0.1, -0.05) is 70.4 Å². The van der Waals surface area contributed by atoms with Crippen molar-refractivity contribution >= 4 is 10.1 Å². The van der Waals surface area contributed by atoms with E-state index in [1.807, 2.05) is 0 Å². The Hall–Kier alpha value is -0.910. The number of hydrogen-bond acceptors (Lipinski definition) is 3. The quantitative estimate of drug-likeness (QED) is 0.423. The number of nitrogens with zero attached hydrogens (tertiary/aromatic N) is 1. The second-order valence-corrected chi connectivity index (χ2v) is 8.44. The number of quaternary nitrogens is 1. The van der Waals surface area contributed by atoms with Crippen LogP contribution >= 0.6 is 0 Å². The average molecular weight is 372 g/mol. The van der Waals surface area contributed by atoms with Crippen LogP contribution in [0.4, 0.5) is 0 Å². The monoisotopic (exact) mass is 371 g/mol. The Morgan fingerprint density at radius 2 is 1.24 bits per heavy atom. The summed E-state index contributed by atoms with van der Waals surface area (Å²) in [6, 6.07) is 8.37. The van der Waals surface area contributed by atoms with E-state index in [1.165, 1.54) is 62.6 Å². The molecule has 25 heavy (non-hydrogen) atoms. The normalized spacial score (nSPS) is 11.7. The highest BCUT2D eigenvalue weighted by Crippen LogP contribution is 2.10. The van der Waals surface area contributed by atoms with Gasteiger partial charge in [-0.15, -0.1) is 0 Å². The number of benzene rings is 1. The molecule has 0 spiro atoms. The van der Waals surface area contributed by atoms with Gasteiger partial charge in [0, 0.05) is 0 Å². The lowest BCUT2D eigenvalue weighted by atomic mass is 10.2. The molecule has 0 aromatic heterocycles. The van der Waals surface area contributed by atoms with Crippen molar-refractivity contribution < 1.29 is 17.5 Å². The fraction of sp³-hybridized carbons (Fsp3) is 0.700. The van der Waals surface area contributed by atoms with Crippen molar-refractivity contribution in [3.8, 4) is 0 Å². The molecular weight excluding hydrogens is 334 g/mol. The van der Waals surface area contributed by atoms with Gasteiger partial charge in [0.1, 0.15) is 0 Å². The van der Waals surface area contributed by atoms with Crippen molar-refractivity contribution in [1.29, 1.82) is 0 Å². The molecule has 0 aliphatic rings. The second kappa shape index (κ2) is 13.3. The number of unbranched alkanes of at least 4 members (excludes halogenated alkanes) is 3. The van der Waals surface area contributed by atoms with E-state index in [1.54, 1.807) is 30.3 Å². The molecule has 1 aromatic carbocycles. The molecule has 0 aliphatic heterocycles. The van der Waals surface area contributed by atoms with E-state index in [2.05, 4.69) is 27.8 Å². The summed E-state index contributed by atoms with van der Waals surface area (Å²) in [5, 5.41) is 0. The van der Waals surface area contributed by atoms with E-state index in [9.17, 15) is 13.0 Å². The zero-order valence-electron chi connectivity index (χ0n) is 16.5. The van der Waals surface area contributed by atoms with Crippen LogP contribution < -0.4 is 0 Å². The van der Waals surface area contributed by atoms with Gasteiger partial charge in [-0.05, 0) is 24.8 Å². The summed E-state index contributed by atoms with van der Waals surface area (Å²) in [6.07, 6.45) is 8.20. The third kappa shape index (κ3) is 14.0. The van der Waals surface area contributed by atoms with Crippen LogP contribution in [-0.2, 0) is 15.9 Å². The Labute approximate surface area is 155 Å². The molecule has 0 unspecified atom stereocenters. The maximum Gasteiger partial charge on any atom is 0.0988 e. The van der Waals surface area contributed by atoms with Crippen LogP contribution in [0.25, 0.3) is 0 Å². The van der Waals surface area contributed by atoms with Gasteiger partial charge in [0.2, 0.25) is 0 Å². The molecule has 0 aliphatic carbocycles. The Kier molecular flexibility index (Phi) is 12.8. The van der Waals surface area contributed by atoms with Crippen molar-refractivity contribution in [3.05, 3.63) is 35.9 Å². The predicted octanol–water partition coefficient (Wildman–Crippen LogP) is 4.57. The van der Waals surface area contributed by atoms with Gasteiger partial charge in [-0.3, -0.25) is 0 Å². The summed E-state index contributed by atoms with van der Waals surface area (Å²) in [7, 11) is -1.68. The largest absolute Gasteiger partial charge is 0.748 e. The summed E-state index contributed by atoms with van der Waals surface area (Å²) in [4.78, 5) is 0. The molecule has 0 radical (unpaired) electrons. The van der Waals surface area contributed by atoms with Crippen LogP contribution in [0.3, 0.4) is 0 Å². The lowest BCUT2D eigenvalue weighted by Crippen LogP contribution is -2.46. The number of hydrogen-bond donors (Lipinski definition) is 0. The molecule has 5 heteroatoms. The van der Waals surface area contributed by atoms with Gasteiger partial charge < -0.3 is 9.04 Å². The van der Waals surface area contributed by atoms with E-state index >= 15 is 0 Å². The standard InChI is InChI=1S/C13H30N.C7H8O3S/c1-5-8-11-14(4,12-9-6-2)13-10-7-3;8-11(9,10)6-7-4-2-1-3-5-7/h5-13H2,1-4H3;1-5H,6H2,(H,8,9,10)/q+1;/p-1. The maximum absolute atomic E-state index is 10.2. The Morgan fingerprint density at radius 3 is 1.56 bits per heavy atom. The van der Waals surface area contributed by atoms with Gasteiger partial charge >= 0.3 is 0 Å². The highest BCUT2D eigenvalue weighted by molar-refractivity contribution is 7.84. The lowest BCUT2D eigenvalue weighted by Gasteiger charge is -2.34. The van der Waals surface area contributed by atoms with Crippen LogP contribution in [0.2, 0.25) is 0 Å². The SMILES string of the molecule is CCCC[N+](C)(CCCC)CCCC.O=S(=O)([O-])Cc1ccccc1. The van der Waals surface area contributed by atoms with E-state index in [-0.39, 0.29) is 0 Å². The first kappa shape index (κ1) is 24.1. The van der Waals surface area contributed by atoms with Gasteiger partial charge in [-0.2, -0.15) is 0 Å². The van der Waals surface area contributed by atoms with Gasteiger partial charge in [0.25, 0.3) is 0 Å². The van der Waals surface area contributed by atoms with Crippen LogP contribution in [0.15, 0.2) is 30.3 Å². The van der Waals surface area contributed by atoms with Gasteiger partial charge in [0.15, 0.2) is 0 Å². The molecule has 4 nitrogen and oxygen atoms in total. The van der Waals surface area contributed by atoms with Crippen molar-refractivity contribution in [3.63, 3.8) is 0 Å². The molecule has 0 atom stereocenters. The highest BCUT2D eigenvalue weighted by Gasteiger charge is 2.18. The van der Waals surface area contributed by atoms with Crippen LogP contribution in [0.1, 0.15) is 64.9 Å². The minimum atomic E-state index is -4.13. The molecule has 0 N–H and O–H groups in total. The molecule has 0 bridgehead atoms. The molecule has 1 rings (SSSR count). The third-order valence-corrected chi connectivity index (χ3v) is 5.03. The summed E-state index contributed by atoms with van der Waals surface area (Å²) >= 11 is 0. The summed E-state index contributed by atoms with van der Waals surface area (Å²) < 4.78 is 32.1.